The molecule has 1 aliphatic carbocycles. The van der Waals surface area contributed by atoms with Crippen LogP contribution in [0.25, 0.3) is 0 Å². The smallest absolute Gasteiger partial charge is 0.243 e. The summed E-state index contributed by atoms with van der Waals surface area (Å²) < 4.78 is 5.72. The van der Waals surface area contributed by atoms with Gasteiger partial charge in [-0.05, 0) is 32.1 Å². The number of carbonyl (C=O) groups is 1. The number of rotatable bonds is 3. The molecule has 0 radical (unpaired) electrons. The van der Waals surface area contributed by atoms with Crippen molar-refractivity contribution in [2.45, 2.75) is 65.0 Å². The highest BCUT2D eigenvalue weighted by Crippen LogP contribution is 2.50. The zero-order valence-corrected chi connectivity index (χ0v) is 13.4. The van der Waals surface area contributed by atoms with Crippen molar-refractivity contribution in [1.29, 1.82) is 0 Å². The predicted octanol–water partition coefficient (Wildman–Crippen LogP) is 2.17. The molecule has 2 aliphatic rings. The second kappa shape index (κ2) is 5.64. The highest BCUT2D eigenvalue weighted by molar-refractivity contribution is 5.89. The molecule has 1 saturated heterocycles. The summed E-state index contributed by atoms with van der Waals surface area (Å²) >= 11 is 0. The first-order valence-electron chi connectivity index (χ1n) is 8.02. The van der Waals surface area contributed by atoms with Crippen molar-refractivity contribution in [3.63, 3.8) is 0 Å². The van der Waals surface area contributed by atoms with Crippen molar-refractivity contribution in [1.82, 2.24) is 4.90 Å². The van der Waals surface area contributed by atoms with Crippen LogP contribution in [0.2, 0.25) is 0 Å². The molecular formula is C16H30N2O2. The van der Waals surface area contributed by atoms with Gasteiger partial charge in [0, 0.05) is 31.5 Å². The molecule has 1 aliphatic heterocycles. The molecule has 3 unspecified atom stereocenters. The fourth-order valence-corrected chi connectivity index (χ4v) is 3.55. The van der Waals surface area contributed by atoms with Gasteiger partial charge in [-0.15, -0.1) is 0 Å². The van der Waals surface area contributed by atoms with Crippen LogP contribution in [0.1, 0.15) is 53.4 Å². The van der Waals surface area contributed by atoms with Gasteiger partial charge in [0.1, 0.15) is 5.54 Å². The lowest BCUT2D eigenvalue weighted by Gasteiger charge is -2.58. The van der Waals surface area contributed by atoms with Gasteiger partial charge in [0.25, 0.3) is 0 Å². The minimum Gasteiger partial charge on any atom is -0.378 e. The first-order chi connectivity index (χ1) is 9.33. The summed E-state index contributed by atoms with van der Waals surface area (Å²) in [5, 5.41) is 0. The summed E-state index contributed by atoms with van der Waals surface area (Å²) in [5.74, 6) is 0.847. The number of hydrogen-bond donors (Lipinski definition) is 1. The van der Waals surface area contributed by atoms with E-state index in [0.717, 1.165) is 25.9 Å². The molecule has 2 N–H and O–H groups in total. The molecule has 0 aromatic carbocycles. The summed E-state index contributed by atoms with van der Waals surface area (Å²) in [6.07, 6.45) is 4.16. The first-order valence-corrected chi connectivity index (χ1v) is 8.02. The maximum Gasteiger partial charge on any atom is 0.243 e. The Hall–Kier alpha value is -0.610. The van der Waals surface area contributed by atoms with Gasteiger partial charge in [-0.2, -0.15) is 0 Å². The molecule has 20 heavy (non-hydrogen) atoms. The summed E-state index contributed by atoms with van der Waals surface area (Å²) in [4.78, 5) is 14.9. The van der Waals surface area contributed by atoms with E-state index in [0.29, 0.717) is 18.9 Å². The normalized spacial score (nSPS) is 37.1. The van der Waals surface area contributed by atoms with Crippen LogP contribution in [0.15, 0.2) is 0 Å². The largest absolute Gasteiger partial charge is 0.378 e. The van der Waals surface area contributed by atoms with E-state index in [1.165, 1.54) is 6.42 Å². The fourth-order valence-electron chi connectivity index (χ4n) is 3.55. The number of carbonyl (C=O) groups excluding carboxylic acids is 1. The lowest BCUT2D eigenvalue weighted by atomic mass is 9.54. The molecule has 2 rings (SSSR count). The molecule has 2 fully saturated rings. The monoisotopic (exact) mass is 282 g/mol. The van der Waals surface area contributed by atoms with E-state index in [-0.39, 0.29) is 17.4 Å². The van der Waals surface area contributed by atoms with E-state index >= 15 is 0 Å². The van der Waals surface area contributed by atoms with E-state index in [9.17, 15) is 4.79 Å². The van der Waals surface area contributed by atoms with Crippen LogP contribution in [0.3, 0.4) is 0 Å². The Kier molecular flexibility index (Phi) is 4.45. The average molecular weight is 282 g/mol. The van der Waals surface area contributed by atoms with Gasteiger partial charge < -0.3 is 15.4 Å². The van der Waals surface area contributed by atoms with Crippen molar-refractivity contribution in [3.8, 4) is 0 Å². The molecular weight excluding hydrogens is 252 g/mol. The standard InChI is InChI=1S/C16H30N2O2/c1-5-20-13-11-16(17,15(13,3)4)14(19)18-9-6-7-12(2)8-10-18/h12-13H,5-11,17H2,1-4H3. The van der Waals surface area contributed by atoms with Gasteiger partial charge >= 0.3 is 0 Å². The van der Waals surface area contributed by atoms with Crippen LogP contribution in [-0.4, -0.2) is 42.1 Å². The predicted molar refractivity (Wildman–Crippen MR) is 80.3 cm³/mol. The Morgan fingerprint density at radius 1 is 1.35 bits per heavy atom. The molecule has 0 aromatic rings. The number of nitrogens with two attached hydrogens (primary N) is 1. The summed E-state index contributed by atoms with van der Waals surface area (Å²) in [5.41, 5.74) is 5.46. The highest BCUT2D eigenvalue weighted by Gasteiger charge is 2.63. The van der Waals surface area contributed by atoms with Gasteiger partial charge in [-0.3, -0.25) is 4.79 Å². The Bertz CT molecular complexity index is 369. The minimum atomic E-state index is -0.750. The molecule has 3 atom stereocenters. The third-order valence-electron chi connectivity index (χ3n) is 5.52. The molecule has 0 spiro atoms. The van der Waals surface area contributed by atoms with Crippen LogP contribution < -0.4 is 5.73 Å². The first kappa shape index (κ1) is 15.8. The zero-order valence-electron chi connectivity index (χ0n) is 13.4. The lowest BCUT2D eigenvalue weighted by Crippen LogP contribution is -2.76. The van der Waals surface area contributed by atoms with Crippen LogP contribution in [0.5, 0.6) is 0 Å². The van der Waals surface area contributed by atoms with E-state index in [1.807, 2.05) is 11.8 Å². The molecule has 1 saturated carbocycles. The van der Waals surface area contributed by atoms with Crippen LogP contribution in [0.4, 0.5) is 0 Å². The number of amides is 1. The number of likely N-dealkylation sites (tertiary alicyclic amines) is 1. The quantitative estimate of drug-likeness (QED) is 0.863. The van der Waals surface area contributed by atoms with Crippen LogP contribution in [0, 0.1) is 11.3 Å². The zero-order chi connectivity index (χ0) is 15.0. The van der Waals surface area contributed by atoms with Gasteiger partial charge in [0.05, 0.1) is 6.10 Å². The highest BCUT2D eigenvalue weighted by atomic mass is 16.5. The molecule has 1 heterocycles. The molecule has 0 bridgehead atoms. The lowest BCUT2D eigenvalue weighted by molar-refractivity contribution is -0.179. The van der Waals surface area contributed by atoms with Crippen molar-refractivity contribution in [3.05, 3.63) is 0 Å². The Balaban J connectivity index is 2.05. The molecule has 0 aromatic heterocycles. The van der Waals surface area contributed by atoms with Crippen molar-refractivity contribution < 1.29 is 9.53 Å². The molecule has 116 valence electrons. The molecule has 4 heteroatoms. The Morgan fingerprint density at radius 2 is 2.05 bits per heavy atom. The van der Waals surface area contributed by atoms with Gasteiger partial charge in [-0.1, -0.05) is 20.8 Å². The third kappa shape index (κ3) is 2.48. The van der Waals surface area contributed by atoms with Crippen molar-refractivity contribution >= 4 is 5.91 Å². The fraction of sp³-hybridized carbons (Fsp3) is 0.938. The van der Waals surface area contributed by atoms with E-state index in [2.05, 4.69) is 20.8 Å². The Morgan fingerprint density at radius 3 is 2.65 bits per heavy atom. The number of nitrogens with zero attached hydrogens (tertiary/aromatic N) is 1. The summed E-state index contributed by atoms with van der Waals surface area (Å²) in [7, 11) is 0. The minimum absolute atomic E-state index is 0.104. The second-order valence-electron chi connectivity index (χ2n) is 7.17. The summed E-state index contributed by atoms with van der Waals surface area (Å²) in [6, 6.07) is 0. The molecule has 4 nitrogen and oxygen atoms in total. The third-order valence-corrected chi connectivity index (χ3v) is 5.52. The van der Waals surface area contributed by atoms with Crippen LogP contribution in [-0.2, 0) is 9.53 Å². The van der Waals surface area contributed by atoms with Crippen molar-refractivity contribution in [2.24, 2.45) is 17.1 Å². The van der Waals surface area contributed by atoms with E-state index in [1.54, 1.807) is 0 Å². The SMILES string of the molecule is CCOC1CC(N)(C(=O)N2CCCC(C)CC2)C1(C)C. The average Bonchev–Trinajstić information content (AvgIpc) is 2.62. The van der Waals surface area contributed by atoms with E-state index < -0.39 is 5.54 Å². The van der Waals surface area contributed by atoms with Gasteiger partial charge in [0.2, 0.25) is 5.91 Å². The van der Waals surface area contributed by atoms with Crippen LogP contribution >= 0.6 is 0 Å². The van der Waals surface area contributed by atoms with E-state index in [4.69, 9.17) is 10.5 Å². The maximum absolute atomic E-state index is 12.9. The number of ether oxygens (including phenoxy) is 1. The Labute approximate surface area is 123 Å². The maximum atomic E-state index is 12.9. The summed E-state index contributed by atoms with van der Waals surface area (Å²) in [6.45, 7) is 10.8. The van der Waals surface area contributed by atoms with Gasteiger partial charge in [-0.25, -0.2) is 0 Å². The van der Waals surface area contributed by atoms with Gasteiger partial charge in [0.15, 0.2) is 0 Å². The number of hydrogen-bond acceptors (Lipinski definition) is 3. The second-order valence-corrected chi connectivity index (χ2v) is 7.17. The van der Waals surface area contributed by atoms with Crippen molar-refractivity contribution in [2.75, 3.05) is 19.7 Å². The topological polar surface area (TPSA) is 55.6 Å². The molecule has 1 amide bonds.